The van der Waals surface area contributed by atoms with Crippen LogP contribution in [0, 0.1) is 5.92 Å². The Hall–Kier alpha value is -0.580. The molecule has 0 aromatic carbocycles. The summed E-state index contributed by atoms with van der Waals surface area (Å²) >= 11 is 0. The Morgan fingerprint density at radius 3 is 2.50 bits per heavy atom. The number of Topliss-reactive ketones (excluding diaryl/α,β-unsaturated/α-hetero) is 1. The average molecular weight is 210 g/mol. The van der Waals surface area contributed by atoms with Crippen LogP contribution in [0.25, 0.3) is 0 Å². The summed E-state index contributed by atoms with van der Waals surface area (Å²) in [7, 11) is 0. The van der Waals surface area contributed by atoms with Gasteiger partial charge in [0.2, 0.25) is 0 Å². The lowest BCUT2D eigenvalue weighted by Crippen LogP contribution is -2.13. The molecule has 0 atom stereocenters. The largest absolute Gasteiger partial charge is 0.389 e. The molecule has 1 aliphatic rings. The Morgan fingerprint density at radius 1 is 1.36 bits per heavy atom. The van der Waals surface area contributed by atoms with Gasteiger partial charge in [0.05, 0.1) is 0 Å². The summed E-state index contributed by atoms with van der Waals surface area (Å²) in [4.78, 5) is 11.0. The van der Waals surface area contributed by atoms with Gasteiger partial charge in [0.15, 0.2) is 5.78 Å². The number of ketones is 1. The molecule has 0 N–H and O–H groups in total. The second-order valence-electron chi connectivity index (χ2n) is 3.51. The van der Waals surface area contributed by atoms with Gasteiger partial charge in [-0.15, -0.1) is 0 Å². The Balaban J connectivity index is 1.91. The van der Waals surface area contributed by atoms with Crippen LogP contribution in [-0.2, 0) is 9.53 Å². The van der Waals surface area contributed by atoms with E-state index in [1.54, 1.807) is 0 Å². The maximum atomic E-state index is 11.7. The summed E-state index contributed by atoms with van der Waals surface area (Å²) in [6, 6.07) is 0. The molecule has 1 saturated carbocycles. The van der Waals surface area contributed by atoms with E-state index in [1.807, 2.05) is 0 Å². The van der Waals surface area contributed by atoms with E-state index in [9.17, 15) is 18.0 Å². The molecule has 0 amide bonds. The quantitative estimate of drug-likeness (QED) is 0.629. The summed E-state index contributed by atoms with van der Waals surface area (Å²) in [5.74, 6) is 0.148. The molecule has 0 radical (unpaired) electrons. The second-order valence-corrected chi connectivity index (χ2v) is 3.51. The first kappa shape index (κ1) is 11.5. The van der Waals surface area contributed by atoms with Crippen molar-refractivity contribution in [1.29, 1.82) is 0 Å². The van der Waals surface area contributed by atoms with Crippen LogP contribution in [0.2, 0.25) is 0 Å². The Labute approximate surface area is 80.4 Å². The lowest BCUT2D eigenvalue weighted by Gasteiger charge is -2.06. The molecule has 0 spiro atoms. The Kier molecular flexibility index (Phi) is 3.92. The highest BCUT2D eigenvalue weighted by Gasteiger charge is 2.29. The van der Waals surface area contributed by atoms with Crippen LogP contribution in [-0.4, -0.2) is 25.2 Å². The SMILES string of the molecule is O=C(COCCCC(F)(F)F)C1CC1. The third-order valence-corrected chi connectivity index (χ3v) is 2.03. The molecule has 0 unspecified atom stereocenters. The van der Waals surface area contributed by atoms with Crippen molar-refractivity contribution < 1.29 is 22.7 Å². The molecular formula is C9H13F3O2. The van der Waals surface area contributed by atoms with Crippen LogP contribution in [0.4, 0.5) is 13.2 Å². The first-order chi connectivity index (χ1) is 6.49. The normalized spacial score (nSPS) is 17.1. The molecule has 0 aliphatic heterocycles. The third-order valence-electron chi connectivity index (χ3n) is 2.03. The van der Waals surface area contributed by atoms with Crippen LogP contribution in [0.15, 0.2) is 0 Å². The standard InChI is InChI=1S/C9H13F3O2/c10-9(11,12)4-1-5-14-6-8(13)7-2-3-7/h7H,1-6H2. The van der Waals surface area contributed by atoms with Crippen LogP contribution >= 0.6 is 0 Å². The van der Waals surface area contributed by atoms with E-state index in [4.69, 9.17) is 4.74 Å². The van der Waals surface area contributed by atoms with Crippen LogP contribution in [0.3, 0.4) is 0 Å². The fraction of sp³-hybridized carbons (Fsp3) is 0.889. The molecule has 0 saturated heterocycles. The molecule has 1 rings (SSSR count). The van der Waals surface area contributed by atoms with Crippen molar-refractivity contribution >= 4 is 5.78 Å². The van der Waals surface area contributed by atoms with Gasteiger partial charge in [-0.05, 0) is 19.3 Å². The maximum absolute atomic E-state index is 11.7. The first-order valence-electron chi connectivity index (χ1n) is 4.66. The molecule has 5 heteroatoms. The number of alkyl halides is 3. The van der Waals surface area contributed by atoms with Crippen molar-refractivity contribution in [3.63, 3.8) is 0 Å². The van der Waals surface area contributed by atoms with E-state index >= 15 is 0 Å². The van der Waals surface area contributed by atoms with E-state index in [-0.39, 0.29) is 31.3 Å². The highest BCUT2D eigenvalue weighted by atomic mass is 19.4. The smallest absolute Gasteiger partial charge is 0.374 e. The number of rotatable bonds is 6. The minimum Gasteiger partial charge on any atom is -0.374 e. The monoisotopic (exact) mass is 210 g/mol. The molecule has 0 heterocycles. The number of hydrogen-bond donors (Lipinski definition) is 0. The summed E-state index contributed by atoms with van der Waals surface area (Å²) in [5, 5.41) is 0. The van der Waals surface area contributed by atoms with Gasteiger partial charge in [0, 0.05) is 18.9 Å². The molecular weight excluding hydrogens is 197 g/mol. The van der Waals surface area contributed by atoms with Crippen LogP contribution < -0.4 is 0 Å². The topological polar surface area (TPSA) is 26.3 Å². The van der Waals surface area contributed by atoms with E-state index in [1.165, 1.54) is 0 Å². The minimum absolute atomic E-state index is 0.0119. The molecule has 0 aromatic rings. The highest BCUT2D eigenvalue weighted by molar-refractivity contribution is 5.84. The van der Waals surface area contributed by atoms with E-state index < -0.39 is 12.6 Å². The van der Waals surface area contributed by atoms with Gasteiger partial charge in [-0.1, -0.05) is 0 Å². The number of halogens is 3. The molecule has 0 bridgehead atoms. The zero-order valence-corrected chi connectivity index (χ0v) is 7.77. The minimum atomic E-state index is -4.12. The molecule has 0 aromatic heterocycles. The predicted molar refractivity (Wildman–Crippen MR) is 43.8 cm³/mol. The number of ether oxygens (including phenoxy) is 1. The first-order valence-corrected chi connectivity index (χ1v) is 4.66. The summed E-state index contributed by atoms with van der Waals surface area (Å²) in [5.41, 5.74) is 0. The second kappa shape index (κ2) is 4.77. The van der Waals surface area contributed by atoms with Gasteiger partial charge < -0.3 is 4.74 Å². The van der Waals surface area contributed by atoms with Gasteiger partial charge in [0.25, 0.3) is 0 Å². The zero-order chi connectivity index (χ0) is 10.6. The molecule has 1 fully saturated rings. The molecule has 2 nitrogen and oxygen atoms in total. The fourth-order valence-electron chi connectivity index (χ4n) is 1.07. The van der Waals surface area contributed by atoms with Gasteiger partial charge in [0.1, 0.15) is 6.61 Å². The predicted octanol–water partition coefficient (Wildman–Crippen LogP) is 2.32. The van der Waals surface area contributed by atoms with E-state index in [0.717, 1.165) is 12.8 Å². The van der Waals surface area contributed by atoms with Crippen molar-refractivity contribution in [3.8, 4) is 0 Å². The fourth-order valence-corrected chi connectivity index (χ4v) is 1.07. The number of hydrogen-bond acceptors (Lipinski definition) is 2. The van der Waals surface area contributed by atoms with Crippen molar-refractivity contribution in [3.05, 3.63) is 0 Å². The summed E-state index contributed by atoms with van der Waals surface area (Å²) < 4.78 is 39.8. The van der Waals surface area contributed by atoms with E-state index in [2.05, 4.69) is 0 Å². The summed E-state index contributed by atoms with van der Waals surface area (Å²) in [6.07, 6.45) is -3.22. The number of carbonyl (C=O) groups excluding carboxylic acids is 1. The van der Waals surface area contributed by atoms with Gasteiger partial charge in [-0.25, -0.2) is 0 Å². The Morgan fingerprint density at radius 2 is 2.00 bits per heavy atom. The van der Waals surface area contributed by atoms with Crippen molar-refractivity contribution in [2.24, 2.45) is 5.92 Å². The third kappa shape index (κ3) is 5.21. The number of carbonyl (C=O) groups is 1. The highest BCUT2D eigenvalue weighted by Crippen LogP contribution is 2.29. The van der Waals surface area contributed by atoms with Crippen molar-refractivity contribution in [2.75, 3.05) is 13.2 Å². The Bertz CT molecular complexity index is 197. The zero-order valence-electron chi connectivity index (χ0n) is 7.77. The van der Waals surface area contributed by atoms with E-state index in [0.29, 0.717) is 0 Å². The van der Waals surface area contributed by atoms with Gasteiger partial charge in [-0.2, -0.15) is 13.2 Å². The van der Waals surface area contributed by atoms with Crippen LogP contribution in [0.5, 0.6) is 0 Å². The molecule has 14 heavy (non-hydrogen) atoms. The lowest BCUT2D eigenvalue weighted by atomic mass is 10.3. The van der Waals surface area contributed by atoms with Crippen molar-refractivity contribution in [1.82, 2.24) is 0 Å². The maximum Gasteiger partial charge on any atom is 0.389 e. The van der Waals surface area contributed by atoms with Crippen LogP contribution in [0.1, 0.15) is 25.7 Å². The summed E-state index contributed by atoms with van der Waals surface area (Å²) in [6.45, 7) is -0.0134. The lowest BCUT2D eigenvalue weighted by molar-refractivity contribution is -0.138. The van der Waals surface area contributed by atoms with Gasteiger partial charge >= 0.3 is 6.18 Å². The van der Waals surface area contributed by atoms with Gasteiger partial charge in [-0.3, -0.25) is 4.79 Å². The van der Waals surface area contributed by atoms with Crippen molar-refractivity contribution in [2.45, 2.75) is 31.9 Å². The molecule has 1 aliphatic carbocycles. The molecule has 82 valence electrons. The average Bonchev–Trinajstić information content (AvgIpc) is 2.83.